The van der Waals surface area contributed by atoms with Gasteiger partial charge in [0.15, 0.2) is 5.82 Å². The third-order valence-electron chi connectivity index (χ3n) is 2.36. The minimum absolute atomic E-state index is 0.162. The van der Waals surface area contributed by atoms with E-state index in [1.54, 1.807) is 6.07 Å². The number of anilines is 1. The summed E-state index contributed by atoms with van der Waals surface area (Å²) in [5, 5.41) is 9.35. The van der Waals surface area contributed by atoms with Gasteiger partial charge >= 0.3 is 0 Å². The highest BCUT2D eigenvalue weighted by Crippen LogP contribution is 2.09. The zero-order valence-corrected chi connectivity index (χ0v) is 9.90. The number of hydrogen-bond acceptors (Lipinski definition) is 3. The van der Waals surface area contributed by atoms with Crippen LogP contribution in [0.1, 0.15) is 29.4 Å². The van der Waals surface area contributed by atoms with Gasteiger partial charge in [-0.2, -0.15) is 5.10 Å². The standard InChI is InChI=1S/C12H13FN4O/c1-2-3-10-5-11(17-16-10)15-12(18)8-4-9(13)7-14-6-8/h4-7H,2-3H2,1H3,(H2,15,16,17,18). The molecule has 0 unspecified atom stereocenters. The van der Waals surface area contributed by atoms with Crippen LogP contribution >= 0.6 is 0 Å². The Morgan fingerprint density at radius 3 is 3.00 bits per heavy atom. The molecule has 2 heterocycles. The predicted octanol–water partition coefficient (Wildman–Crippen LogP) is 2.15. The van der Waals surface area contributed by atoms with Crippen LogP contribution < -0.4 is 5.32 Å². The largest absolute Gasteiger partial charge is 0.305 e. The average molecular weight is 248 g/mol. The highest BCUT2D eigenvalue weighted by atomic mass is 19.1. The number of hydrogen-bond donors (Lipinski definition) is 2. The van der Waals surface area contributed by atoms with E-state index in [2.05, 4.69) is 27.4 Å². The Hall–Kier alpha value is -2.24. The lowest BCUT2D eigenvalue weighted by Crippen LogP contribution is -2.12. The van der Waals surface area contributed by atoms with Crippen LogP contribution in [-0.2, 0) is 6.42 Å². The van der Waals surface area contributed by atoms with Crippen LogP contribution in [0, 0.1) is 5.82 Å². The minimum Gasteiger partial charge on any atom is -0.305 e. The van der Waals surface area contributed by atoms with E-state index in [0.29, 0.717) is 5.82 Å². The molecule has 0 saturated carbocycles. The first-order chi connectivity index (χ1) is 8.69. The van der Waals surface area contributed by atoms with Crippen molar-refractivity contribution in [2.24, 2.45) is 0 Å². The molecule has 0 aliphatic carbocycles. The van der Waals surface area contributed by atoms with Crippen LogP contribution in [0.3, 0.4) is 0 Å². The SMILES string of the molecule is CCCc1cc(NC(=O)c2cncc(F)c2)n[nH]1. The molecule has 2 aromatic heterocycles. The Morgan fingerprint density at radius 1 is 1.44 bits per heavy atom. The van der Waals surface area contributed by atoms with Gasteiger partial charge in [0.05, 0.1) is 11.8 Å². The highest BCUT2D eigenvalue weighted by Gasteiger charge is 2.09. The lowest BCUT2D eigenvalue weighted by Gasteiger charge is -2.00. The molecule has 0 atom stereocenters. The van der Waals surface area contributed by atoms with E-state index in [1.165, 1.54) is 6.20 Å². The zero-order valence-electron chi connectivity index (χ0n) is 9.90. The molecule has 94 valence electrons. The lowest BCUT2D eigenvalue weighted by molar-refractivity contribution is 0.102. The molecule has 2 rings (SSSR count). The maximum absolute atomic E-state index is 12.9. The second-order valence-corrected chi connectivity index (χ2v) is 3.87. The molecule has 0 aliphatic rings. The summed E-state index contributed by atoms with van der Waals surface area (Å²) in [5.41, 5.74) is 1.11. The summed E-state index contributed by atoms with van der Waals surface area (Å²) in [6.07, 6.45) is 4.20. The summed E-state index contributed by atoms with van der Waals surface area (Å²) in [6.45, 7) is 2.05. The smallest absolute Gasteiger partial charge is 0.258 e. The van der Waals surface area contributed by atoms with Crippen LogP contribution in [-0.4, -0.2) is 21.1 Å². The third-order valence-corrected chi connectivity index (χ3v) is 2.36. The van der Waals surface area contributed by atoms with Crippen LogP contribution in [0.15, 0.2) is 24.5 Å². The van der Waals surface area contributed by atoms with E-state index < -0.39 is 11.7 Å². The van der Waals surface area contributed by atoms with Gasteiger partial charge in [0.2, 0.25) is 0 Å². The topological polar surface area (TPSA) is 70.7 Å². The number of nitrogens with one attached hydrogen (secondary N) is 2. The van der Waals surface area contributed by atoms with Gasteiger partial charge in [0.1, 0.15) is 5.82 Å². The fourth-order valence-corrected chi connectivity index (χ4v) is 1.55. The summed E-state index contributed by atoms with van der Waals surface area (Å²) in [5.74, 6) is -0.555. The quantitative estimate of drug-likeness (QED) is 0.870. The number of nitrogens with zero attached hydrogens (tertiary/aromatic N) is 2. The van der Waals surface area contributed by atoms with Crippen molar-refractivity contribution in [1.82, 2.24) is 15.2 Å². The second kappa shape index (κ2) is 5.39. The highest BCUT2D eigenvalue weighted by molar-refractivity contribution is 6.03. The molecule has 5 nitrogen and oxygen atoms in total. The molecule has 0 fully saturated rings. The van der Waals surface area contributed by atoms with E-state index in [0.717, 1.165) is 30.8 Å². The van der Waals surface area contributed by atoms with Crippen molar-refractivity contribution in [3.63, 3.8) is 0 Å². The van der Waals surface area contributed by atoms with Gasteiger partial charge in [-0.1, -0.05) is 13.3 Å². The van der Waals surface area contributed by atoms with E-state index in [1.807, 2.05) is 0 Å². The van der Waals surface area contributed by atoms with Gasteiger partial charge in [0, 0.05) is 18.0 Å². The van der Waals surface area contributed by atoms with Crippen molar-refractivity contribution in [2.45, 2.75) is 19.8 Å². The monoisotopic (exact) mass is 248 g/mol. The second-order valence-electron chi connectivity index (χ2n) is 3.87. The van der Waals surface area contributed by atoms with Gasteiger partial charge in [0.25, 0.3) is 5.91 Å². The molecule has 2 aromatic rings. The van der Waals surface area contributed by atoms with Gasteiger partial charge < -0.3 is 5.32 Å². The number of carbonyl (C=O) groups excluding carboxylic acids is 1. The third kappa shape index (κ3) is 2.91. The number of carbonyl (C=O) groups is 1. The van der Waals surface area contributed by atoms with Crippen molar-refractivity contribution in [3.8, 4) is 0 Å². The molecule has 0 spiro atoms. The zero-order chi connectivity index (χ0) is 13.0. The van der Waals surface area contributed by atoms with Crippen LogP contribution in [0.5, 0.6) is 0 Å². The van der Waals surface area contributed by atoms with Crippen molar-refractivity contribution in [1.29, 1.82) is 0 Å². The van der Waals surface area contributed by atoms with Crippen molar-refractivity contribution in [3.05, 3.63) is 41.6 Å². The molecule has 0 bridgehead atoms. The van der Waals surface area contributed by atoms with E-state index in [-0.39, 0.29) is 5.56 Å². The van der Waals surface area contributed by atoms with Gasteiger partial charge in [-0.05, 0) is 12.5 Å². The average Bonchev–Trinajstić information content (AvgIpc) is 2.77. The molecule has 0 saturated heterocycles. The summed E-state index contributed by atoms with van der Waals surface area (Å²) in [7, 11) is 0. The fraction of sp³-hybridized carbons (Fsp3) is 0.250. The van der Waals surface area contributed by atoms with Crippen LogP contribution in [0.25, 0.3) is 0 Å². The maximum Gasteiger partial charge on any atom is 0.258 e. The molecule has 0 radical (unpaired) electrons. The minimum atomic E-state index is -0.545. The molecule has 6 heteroatoms. The molecule has 0 aromatic carbocycles. The Morgan fingerprint density at radius 2 is 2.28 bits per heavy atom. The number of H-pyrrole nitrogens is 1. The number of amides is 1. The van der Waals surface area contributed by atoms with Crippen molar-refractivity contribution >= 4 is 11.7 Å². The van der Waals surface area contributed by atoms with E-state index in [9.17, 15) is 9.18 Å². The van der Waals surface area contributed by atoms with E-state index in [4.69, 9.17) is 0 Å². The molecule has 0 aliphatic heterocycles. The number of aromatic amines is 1. The Labute approximate surface area is 103 Å². The van der Waals surface area contributed by atoms with Crippen LogP contribution in [0.2, 0.25) is 0 Å². The fourth-order valence-electron chi connectivity index (χ4n) is 1.55. The number of rotatable bonds is 4. The first-order valence-electron chi connectivity index (χ1n) is 5.65. The summed E-state index contributed by atoms with van der Waals surface area (Å²) >= 11 is 0. The van der Waals surface area contributed by atoms with Gasteiger partial charge in [-0.25, -0.2) is 4.39 Å². The maximum atomic E-state index is 12.9. The predicted molar refractivity (Wildman–Crippen MR) is 64.7 cm³/mol. The molecular formula is C12H13FN4O. The Bertz CT molecular complexity index is 553. The van der Waals surface area contributed by atoms with Gasteiger partial charge in [-0.3, -0.25) is 14.9 Å². The van der Waals surface area contributed by atoms with Crippen LogP contribution in [0.4, 0.5) is 10.2 Å². The molecule has 18 heavy (non-hydrogen) atoms. The number of pyridine rings is 1. The first kappa shape index (κ1) is 12.2. The van der Waals surface area contributed by atoms with Gasteiger partial charge in [-0.15, -0.1) is 0 Å². The number of aromatic nitrogens is 3. The number of halogens is 1. The number of aryl methyl sites for hydroxylation is 1. The summed E-state index contributed by atoms with van der Waals surface area (Å²) in [4.78, 5) is 15.4. The normalized spacial score (nSPS) is 10.3. The Balaban J connectivity index is 2.06. The Kier molecular flexibility index (Phi) is 3.66. The molecular weight excluding hydrogens is 235 g/mol. The van der Waals surface area contributed by atoms with E-state index >= 15 is 0 Å². The summed E-state index contributed by atoms with van der Waals surface area (Å²) in [6, 6.07) is 2.88. The molecule has 2 N–H and O–H groups in total. The molecule has 1 amide bonds. The van der Waals surface area contributed by atoms with Crippen molar-refractivity contribution in [2.75, 3.05) is 5.32 Å². The lowest BCUT2D eigenvalue weighted by atomic mass is 10.2. The first-order valence-corrected chi connectivity index (χ1v) is 5.65. The van der Waals surface area contributed by atoms with Crippen molar-refractivity contribution < 1.29 is 9.18 Å². The summed E-state index contributed by atoms with van der Waals surface area (Å²) < 4.78 is 12.9.